The van der Waals surface area contributed by atoms with Gasteiger partial charge in [0, 0.05) is 47.2 Å². The Morgan fingerprint density at radius 2 is 1.46 bits per heavy atom. The number of carbonyl (C=O) groups is 2. The van der Waals surface area contributed by atoms with Crippen molar-refractivity contribution in [3.8, 4) is 0 Å². The van der Waals surface area contributed by atoms with Crippen molar-refractivity contribution in [2.45, 2.75) is 11.4 Å². The van der Waals surface area contributed by atoms with E-state index in [1.165, 1.54) is 23.1 Å². The minimum absolute atomic E-state index is 0.0748. The van der Waals surface area contributed by atoms with Gasteiger partial charge in [0.15, 0.2) is 0 Å². The van der Waals surface area contributed by atoms with Gasteiger partial charge >= 0.3 is 0 Å². The topological polar surface area (TPSA) is 95.6 Å². The van der Waals surface area contributed by atoms with Gasteiger partial charge in [-0.2, -0.15) is 0 Å². The lowest BCUT2D eigenvalue weighted by molar-refractivity contribution is 0.0827. The van der Waals surface area contributed by atoms with Crippen LogP contribution in [0, 0.1) is 0 Å². The molecule has 0 aliphatic heterocycles. The molecule has 2 N–H and O–H groups in total. The lowest BCUT2D eigenvalue weighted by Gasteiger charge is -2.14. The Bertz CT molecular complexity index is 1580. The maximum absolute atomic E-state index is 13.0. The molecule has 0 fully saturated rings. The first kappa shape index (κ1) is 26.5. The van der Waals surface area contributed by atoms with Crippen LogP contribution in [0.4, 0.5) is 5.69 Å². The molecule has 190 valence electrons. The van der Waals surface area contributed by atoms with Crippen molar-refractivity contribution in [2.75, 3.05) is 18.8 Å². The lowest BCUT2D eigenvalue weighted by atomic mass is 10.0. The highest BCUT2D eigenvalue weighted by Crippen LogP contribution is 2.30. The molecule has 0 saturated heterocycles. The monoisotopic (exact) mass is 555 g/mol. The van der Waals surface area contributed by atoms with E-state index in [0.717, 1.165) is 5.56 Å². The summed E-state index contributed by atoms with van der Waals surface area (Å²) in [6.07, 6.45) is 0. The summed E-state index contributed by atoms with van der Waals surface area (Å²) in [6, 6.07) is 21.2. The first-order chi connectivity index (χ1) is 17.5. The van der Waals surface area contributed by atoms with Crippen LogP contribution >= 0.6 is 23.2 Å². The highest BCUT2D eigenvalue weighted by atomic mass is 35.5. The van der Waals surface area contributed by atoms with E-state index in [0.29, 0.717) is 27.6 Å². The number of hydrogen-bond donors (Lipinski definition) is 2. The summed E-state index contributed by atoms with van der Waals surface area (Å²) in [6.45, 7) is 0.257. The molecule has 4 aromatic rings. The molecule has 0 heterocycles. The third-order valence-electron chi connectivity index (χ3n) is 5.62. The summed E-state index contributed by atoms with van der Waals surface area (Å²) < 4.78 is 28.6. The number of hydrogen-bond acceptors (Lipinski definition) is 4. The molecule has 37 heavy (non-hydrogen) atoms. The van der Waals surface area contributed by atoms with Gasteiger partial charge < -0.3 is 10.2 Å². The smallest absolute Gasteiger partial charge is 0.262 e. The van der Waals surface area contributed by atoms with E-state index in [9.17, 15) is 18.0 Å². The van der Waals surface area contributed by atoms with Crippen molar-refractivity contribution in [2.24, 2.45) is 0 Å². The zero-order valence-electron chi connectivity index (χ0n) is 20.0. The van der Waals surface area contributed by atoms with Gasteiger partial charge in [0.25, 0.3) is 21.8 Å². The van der Waals surface area contributed by atoms with E-state index in [1.54, 1.807) is 74.8 Å². The molecule has 2 amide bonds. The van der Waals surface area contributed by atoms with Gasteiger partial charge in [0.1, 0.15) is 0 Å². The van der Waals surface area contributed by atoms with Crippen LogP contribution in [0.5, 0.6) is 0 Å². The summed E-state index contributed by atoms with van der Waals surface area (Å²) in [4.78, 5) is 26.5. The minimum Gasteiger partial charge on any atom is -0.348 e. The van der Waals surface area contributed by atoms with Crippen LogP contribution in [0.25, 0.3) is 10.8 Å². The number of halogens is 2. The molecule has 4 rings (SSSR count). The normalized spacial score (nSPS) is 11.2. The molecule has 7 nitrogen and oxygen atoms in total. The molecule has 0 aliphatic rings. The van der Waals surface area contributed by atoms with Crippen LogP contribution < -0.4 is 10.0 Å². The first-order valence-corrected chi connectivity index (χ1v) is 13.4. The summed E-state index contributed by atoms with van der Waals surface area (Å²) >= 11 is 12.0. The molecular weight excluding hydrogens is 533 g/mol. The number of sulfonamides is 1. The SMILES string of the molecule is CN(C)C(=O)c1ccc(CNC(=O)c2cccc3c(NS(=O)(=O)c4cc(Cl)cc(Cl)c4)cccc23)cc1. The van der Waals surface area contributed by atoms with Gasteiger partial charge in [-0.05, 0) is 53.4 Å². The number of benzene rings is 4. The summed E-state index contributed by atoms with van der Waals surface area (Å²) in [5.41, 5.74) is 2.09. The Morgan fingerprint density at radius 3 is 2.11 bits per heavy atom. The molecule has 0 radical (unpaired) electrons. The number of anilines is 1. The molecular formula is C27H23Cl2N3O4S. The molecule has 0 atom stereocenters. The van der Waals surface area contributed by atoms with Crippen molar-refractivity contribution in [3.05, 3.63) is 106 Å². The first-order valence-electron chi connectivity index (χ1n) is 11.1. The Morgan fingerprint density at radius 1 is 0.838 bits per heavy atom. The Hall–Kier alpha value is -3.59. The van der Waals surface area contributed by atoms with E-state index in [2.05, 4.69) is 10.0 Å². The van der Waals surface area contributed by atoms with Gasteiger partial charge in [-0.25, -0.2) is 8.42 Å². The number of rotatable bonds is 7. The van der Waals surface area contributed by atoms with E-state index < -0.39 is 10.0 Å². The highest BCUT2D eigenvalue weighted by Gasteiger charge is 2.18. The van der Waals surface area contributed by atoms with Crippen LogP contribution in [0.2, 0.25) is 10.0 Å². The molecule has 0 bridgehead atoms. The van der Waals surface area contributed by atoms with Crippen molar-refractivity contribution in [1.29, 1.82) is 0 Å². The van der Waals surface area contributed by atoms with Crippen LogP contribution in [-0.4, -0.2) is 39.2 Å². The maximum Gasteiger partial charge on any atom is 0.262 e. The van der Waals surface area contributed by atoms with Gasteiger partial charge in [-0.3, -0.25) is 14.3 Å². The van der Waals surface area contributed by atoms with E-state index in [-0.39, 0.29) is 33.3 Å². The van der Waals surface area contributed by atoms with E-state index in [4.69, 9.17) is 23.2 Å². The summed E-state index contributed by atoms with van der Waals surface area (Å²) in [5.74, 6) is -0.420. The second-order valence-electron chi connectivity index (χ2n) is 8.50. The molecule has 0 spiro atoms. The predicted octanol–water partition coefficient (Wildman–Crippen LogP) is 5.58. The van der Waals surface area contributed by atoms with Crippen LogP contribution in [0.1, 0.15) is 26.3 Å². The molecule has 0 unspecified atom stereocenters. The van der Waals surface area contributed by atoms with Crippen molar-refractivity contribution < 1.29 is 18.0 Å². The fourth-order valence-corrected chi connectivity index (χ4v) is 5.59. The van der Waals surface area contributed by atoms with E-state index >= 15 is 0 Å². The number of carbonyl (C=O) groups excluding carboxylic acids is 2. The fraction of sp³-hybridized carbons (Fsp3) is 0.111. The average Bonchev–Trinajstić information content (AvgIpc) is 2.86. The number of nitrogens with zero attached hydrogens (tertiary/aromatic N) is 1. The molecule has 0 saturated carbocycles. The number of fused-ring (bicyclic) bond motifs is 1. The standard InChI is InChI=1S/C27H23Cl2N3O4S/c1-32(2)27(34)18-11-9-17(10-12-18)16-30-26(33)24-7-3-6-23-22(24)5-4-8-25(23)31-37(35,36)21-14-19(28)13-20(29)15-21/h3-15,31H,16H2,1-2H3,(H,30,33). The zero-order valence-corrected chi connectivity index (χ0v) is 22.3. The highest BCUT2D eigenvalue weighted by molar-refractivity contribution is 7.92. The minimum atomic E-state index is -3.99. The maximum atomic E-state index is 13.0. The largest absolute Gasteiger partial charge is 0.348 e. The van der Waals surface area contributed by atoms with Crippen molar-refractivity contribution in [1.82, 2.24) is 10.2 Å². The number of nitrogens with one attached hydrogen (secondary N) is 2. The summed E-state index contributed by atoms with van der Waals surface area (Å²) in [7, 11) is -0.622. The predicted molar refractivity (Wildman–Crippen MR) is 147 cm³/mol. The zero-order chi connectivity index (χ0) is 26.7. The Balaban J connectivity index is 1.56. The Labute approximate surface area is 225 Å². The van der Waals surface area contributed by atoms with Gasteiger partial charge in [-0.1, -0.05) is 59.6 Å². The summed E-state index contributed by atoms with van der Waals surface area (Å²) in [5, 5.41) is 4.41. The van der Waals surface area contributed by atoms with Crippen molar-refractivity contribution >= 4 is 61.5 Å². The Kier molecular flexibility index (Phi) is 7.73. The quantitative estimate of drug-likeness (QED) is 0.311. The molecule has 0 aliphatic carbocycles. The van der Waals surface area contributed by atoms with Gasteiger partial charge in [0.05, 0.1) is 10.6 Å². The van der Waals surface area contributed by atoms with Gasteiger partial charge in [-0.15, -0.1) is 0 Å². The third kappa shape index (κ3) is 6.05. The average molecular weight is 556 g/mol. The van der Waals surface area contributed by atoms with Crippen LogP contribution in [-0.2, 0) is 16.6 Å². The van der Waals surface area contributed by atoms with Crippen LogP contribution in [0.3, 0.4) is 0 Å². The second kappa shape index (κ2) is 10.8. The third-order valence-corrected chi connectivity index (χ3v) is 7.40. The van der Waals surface area contributed by atoms with Crippen molar-refractivity contribution in [3.63, 3.8) is 0 Å². The van der Waals surface area contributed by atoms with Gasteiger partial charge in [0.2, 0.25) is 0 Å². The second-order valence-corrected chi connectivity index (χ2v) is 11.1. The van der Waals surface area contributed by atoms with Crippen LogP contribution in [0.15, 0.2) is 83.8 Å². The fourth-order valence-electron chi connectivity index (χ4n) is 3.79. The molecule has 10 heteroatoms. The molecule has 4 aromatic carbocycles. The lowest BCUT2D eigenvalue weighted by Crippen LogP contribution is -2.23. The van der Waals surface area contributed by atoms with E-state index in [1.807, 2.05) is 0 Å². The number of amides is 2. The molecule has 0 aromatic heterocycles.